The Bertz CT molecular complexity index is 386. The Kier molecular flexibility index (Phi) is 6.80. The number of anilines is 2. The van der Waals surface area contributed by atoms with Gasteiger partial charge in [0.05, 0.1) is 6.61 Å². The van der Waals surface area contributed by atoms with E-state index < -0.39 is 0 Å². The molecule has 0 aliphatic carbocycles. The fourth-order valence-corrected chi connectivity index (χ4v) is 1.43. The molecule has 0 fully saturated rings. The van der Waals surface area contributed by atoms with Crippen molar-refractivity contribution >= 4 is 23.5 Å². The van der Waals surface area contributed by atoms with Gasteiger partial charge in [-0.2, -0.15) is 15.0 Å². The number of ether oxygens (including phenoxy) is 1. The minimum absolute atomic E-state index is 0.182. The van der Waals surface area contributed by atoms with E-state index in [1.807, 2.05) is 14.1 Å². The first-order valence-electron chi connectivity index (χ1n) is 6.39. The summed E-state index contributed by atoms with van der Waals surface area (Å²) in [6, 6.07) is 0. The predicted molar refractivity (Wildman–Crippen MR) is 77.9 cm³/mol. The molecule has 0 aliphatic heterocycles. The summed E-state index contributed by atoms with van der Waals surface area (Å²) in [5, 5.41) is 3.25. The van der Waals surface area contributed by atoms with E-state index in [2.05, 4.69) is 34.1 Å². The number of hydrogen-bond donors (Lipinski definition) is 1. The van der Waals surface area contributed by atoms with Crippen LogP contribution < -0.4 is 10.2 Å². The van der Waals surface area contributed by atoms with Crippen LogP contribution in [0.1, 0.15) is 20.3 Å². The fourth-order valence-electron chi connectivity index (χ4n) is 1.27. The van der Waals surface area contributed by atoms with Crippen molar-refractivity contribution in [3.05, 3.63) is 5.28 Å². The molecule has 0 radical (unpaired) electrons. The lowest BCUT2D eigenvalue weighted by Crippen LogP contribution is -2.17. The zero-order valence-corrected chi connectivity index (χ0v) is 12.7. The maximum atomic E-state index is 5.83. The average Bonchev–Trinajstić information content (AvgIpc) is 2.32. The normalized spacial score (nSPS) is 10.8. The molecule has 108 valence electrons. The largest absolute Gasteiger partial charge is 0.380 e. The molecule has 6 nitrogen and oxygen atoms in total. The highest BCUT2D eigenvalue weighted by Gasteiger charge is 2.05. The third-order valence-electron chi connectivity index (χ3n) is 2.37. The van der Waals surface area contributed by atoms with Crippen molar-refractivity contribution in [2.45, 2.75) is 20.3 Å². The van der Waals surface area contributed by atoms with Gasteiger partial charge in [0.2, 0.25) is 17.2 Å². The lowest BCUT2D eigenvalue weighted by molar-refractivity contribution is 0.132. The van der Waals surface area contributed by atoms with Crippen LogP contribution in [0, 0.1) is 5.92 Å². The van der Waals surface area contributed by atoms with Crippen LogP contribution in [0.2, 0.25) is 5.28 Å². The molecular weight excluding hydrogens is 266 g/mol. The summed E-state index contributed by atoms with van der Waals surface area (Å²) in [7, 11) is 3.70. The van der Waals surface area contributed by atoms with E-state index in [1.165, 1.54) is 0 Å². The molecule has 0 unspecified atom stereocenters. The Labute approximate surface area is 119 Å². The summed E-state index contributed by atoms with van der Waals surface area (Å²) < 4.78 is 5.50. The van der Waals surface area contributed by atoms with Crippen LogP contribution in [0.25, 0.3) is 0 Å². The second kappa shape index (κ2) is 8.12. The number of halogens is 1. The van der Waals surface area contributed by atoms with Crippen molar-refractivity contribution in [3.63, 3.8) is 0 Å². The molecule has 19 heavy (non-hydrogen) atoms. The first-order valence-corrected chi connectivity index (χ1v) is 6.77. The van der Waals surface area contributed by atoms with Gasteiger partial charge in [-0.3, -0.25) is 0 Å². The SMILES string of the molecule is CC(C)CCOCCNc1nc(Cl)nc(N(C)C)n1. The zero-order valence-electron chi connectivity index (χ0n) is 12.0. The molecule has 1 heterocycles. The molecule has 1 N–H and O–H groups in total. The van der Waals surface area contributed by atoms with E-state index in [1.54, 1.807) is 4.90 Å². The van der Waals surface area contributed by atoms with E-state index in [-0.39, 0.29) is 5.28 Å². The smallest absolute Gasteiger partial charge is 0.230 e. The van der Waals surface area contributed by atoms with Crippen LogP contribution in [0.3, 0.4) is 0 Å². The molecular formula is C12H22ClN5O. The number of nitrogens with zero attached hydrogens (tertiary/aromatic N) is 4. The van der Waals surface area contributed by atoms with Crippen LogP contribution in [0.15, 0.2) is 0 Å². The first kappa shape index (κ1) is 15.9. The van der Waals surface area contributed by atoms with Gasteiger partial charge in [0.1, 0.15) is 0 Å². The first-order chi connectivity index (χ1) is 8.99. The molecule has 1 aromatic rings. The van der Waals surface area contributed by atoms with Gasteiger partial charge in [-0.25, -0.2) is 0 Å². The average molecular weight is 288 g/mol. The topological polar surface area (TPSA) is 63.2 Å². The van der Waals surface area contributed by atoms with Crippen LogP contribution >= 0.6 is 11.6 Å². The number of nitrogens with one attached hydrogen (secondary N) is 1. The standard InChI is InChI=1S/C12H22ClN5O/c1-9(2)5-7-19-8-6-14-11-15-10(13)16-12(17-11)18(3)4/h9H,5-8H2,1-4H3,(H,14,15,16,17). The highest BCUT2D eigenvalue weighted by Crippen LogP contribution is 2.11. The molecule has 0 atom stereocenters. The van der Waals surface area contributed by atoms with Gasteiger partial charge in [-0.1, -0.05) is 13.8 Å². The molecule has 0 spiro atoms. The molecule has 7 heteroatoms. The maximum absolute atomic E-state index is 5.83. The Morgan fingerprint density at radius 3 is 2.58 bits per heavy atom. The maximum Gasteiger partial charge on any atom is 0.230 e. The van der Waals surface area contributed by atoms with Gasteiger partial charge in [-0.15, -0.1) is 0 Å². The van der Waals surface area contributed by atoms with Gasteiger partial charge >= 0.3 is 0 Å². The predicted octanol–water partition coefficient (Wildman–Crippen LogP) is 2.07. The van der Waals surface area contributed by atoms with E-state index >= 15 is 0 Å². The molecule has 1 rings (SSSR count). The molecule has 0 aromatic carbocycles. The summed E-state index contributed by atoms with van der Waals surface area (Å²) in [4.78, 5) is 14.0. The molecule has 0 saturated heterocycles. The Balaban J connectivity index is 2.33. The Morgan fingerprint density at radius 2 is 1.95 bits per heavy atom. The summed E-state index contributed by atoms with van der Waals surface area (Å²) >= 11 is 5.83. The minimum atomic E-state index is 0.182. The second-order valence-corrected chi connectivity index (χ2v) is 5.18. The lowest BCUT2D eigenvalue weighted by atomic mass is 10.1. The van der Waals surface area contributed by atoms with Gasteiger partial charge in [0.25, 0.3) is 0 Å². The van der Waals surface area contributed by atoms with Crippen molar-refractivity contribution in [2.24, 2.45) is 5.92 Å². The third-order valence-corrected chi connectivity index (χ3v) is 2.53. The van der Waals surface area contributed by atoms with E-state index in [9.17, 15) is 0 Å². The highest BCUT2D eigenvalue weighted by atomic mass is 35.5. The van der Waals surface area contributed by atoms with E-state index in [4.69, 9.17) is 16.3 Å². The Hall–Kier alpha value is -1.14. The summed E-state index contributed by atoms with van der Waals surface area (Å²) in [5.41, 5.74) is 0. The van der Waals surface area contributed by atoms with Crippen molar-refractivity contribution in [3.8, 4) is 0 Å². The quantitative estimate of drug-likeness (QED) is 0.739. The second-order valence-electron chi connectivity index (χ2n) is 4.84. The van der Waals surface area contributed by atoms with Gasteiger partial charge < -0.3 is 15.0 Å². The van der Waals surface area contributed by atoms with Crippen LogP contribution in [0.5, 0.6) is 0 Å². The van der Waals surface area contributed by atoms with Gasteiger partial charge in [-0.05, 0) is 23.9 Å². The van der Waals surface area contributed by atoms with Gasteiger partial charge in [0, 0.05) is 27.2 Å². The van der Waals surface area contributed by atoms with Gasteiger partial charge in [0.15, 0.2) is 0 Å². The van der Waals surface area contributed by atoms with Crippen molar-refractivity contribution in [2.75, 3.05) is 44.1 Å². The van der Waals surface area contributed by atoms with Crippen LogP contribution in [-0.2, 0) is 4.74 Å². The molecule has 1 aromatic heterocycles. The highest BCUT2D eigenvalue weighted by molar-refractivity contribution is 6.28. The summed E-state index contributed by atoms with van der Waals surface area (Å²) in [5.74, 6) is 1.66. The zero-order chi connectivity index (χ0) is 14.3. The molecule has 0 bridgehead atoms. The van der Waals surface area contributed by atoms with Crippen molar-refractivity contribution in [1.82, 2.24) is 15.0 Å². The molecule has 0 amide bonds. The third kappa shape index (κ3) is 6.54. The van der Waals surface area contributed by atoms with Crippen molar-refractivity contribution < 1.29 is 4.74 Å². The fraction of sp³-hybridized carbons (Fsp3) is 0.750. The summed E-state index contributed by atoms with van der Waals surface area (Å²) in [6.45, 7) is 6.40. The van der Waals surface area contributed by atoms with Crippen LogP contribution in [-0.4, -0.2) is 48.8 Å². The molecule has 0 saturated carbocycles. The monoisotopic (exact) mass is 287 g/mol. The number of aromatic nitrogens is 3. The van der Waals surface area contributed by atoms with Crippen molar-refractivity contribution in [1.29, 1.82) is 0 Å². The molecule has 0 aliphatic rings. The number of rotatable bonds is 8. The summed E-state index contributed by atoms with van der Waals surface area (Å²) in [6.07, 6.45) is 1.07. The van der Waals surface area contributed by atoms with E-state index in [0.717, 1.165) is 13.0 Å². The number of hydrogen-bond acceptors (Lipinski definition) is 6. The Morgan fingerprint density at radius 1 is 1.21 bits per heavy atom. The van der Waals surface area contributed by atoms with Crippen LogP contribution in [0.4, 0.5) is 11.9 Å². The lowest BCUT2D eigenvalue weighted by Gasteiger charge is -2.12. The minimum Gasteiger partial charge on any atom is -0.380 e. The van der Waals surface area contributed by atoms with E-state index in [0.29, 0.717) is 31.0 Å².